The third kappa shape index (κ3) is 2.13. The molecule has 2 aliphatic rings. The van der Waals surface area contributed by atoms with Crippen molar-refractivity contribution in [2.24, 2.45) is 4.99 Å². The molecule has 2 atom stereocenters. The minimum atomic E-state index is 0.352. The number of aliphatic imine (C=N–C) groups is 1. The number of nitrogens with zero attached hydrogens (tertiary/aromatic N) is 1. The van der Waals surface area contributed by atoms with Crippen molar-refractivity contribution in [3.8, 4) is 5.75 Å². The van der Waals surface area contributed by atoms with E-state index >= 15 is 0 Å². The van der Waals surface area contributed by atoms with Gasteiger partial charge >= 0.3 is 0 Å². The average molecular weight is 231 g/mol. The molecule has 1 aromatic rings. The van der Waals surface area contributed by atoms with Gasteiger partial charge in [0.05, 0.1) is 12.1 Å². The van der Waals surface area contributed by atoms with E-state index < -0.39 is 0 Å². The maximum absolute atomic E-state index is 9.73. The zero-order valence-electron chi connectivity index (χ0n) is 9.69. The Bertz CT molecular complexity index is 444. The molecule has 2 heterocycles. The molecule has 3 rings (SSSR count). The van der Waals surface area contributed by atoms with Gasteiger partial charge in [-0.3, -0.25) is 4.99 Å². The second kappa shape index (κ2) is 4.37. The number of nitrogens with one attached hydrogen (secondary N) is 2. The van der Waals surface area contributed by atoms with Crippen molar-refractivity contribution in [3.05, 3.63) is 29.8 Å². The smallest absolute Gasteiger partial charge is 0.119 e. The van der Waals surface area contributed by atoms with Crippen LogP contribution in [-0.2, 0) is 6.42 Å². The lowest BCUT2D eigenvalue weighted by atomic mass is 10.0. The number of fused-ring (bicyclic) bond motifs is 1. The third-order valence-corrected chi connectivity index (χ3v) is 3.47. The molecule has 0 aromatic heterocycles. The molecule has 0 amide bonds. The minimum Gasteiger partial charge on any atom is -0.508 e. The zero-order valence-corrected chi connectivity index (χ0v) is 9.69. The maximum Gasteiger partial charge on any atom is 0.119 e. The molecule has 2 unspecified atom stereocenters. The van der Waals surface area contributed by atoms with Crippen LogP contribution in [0.5, 0.6) is 5.75 Å². The summed E-state index contributed by atoms with van der Waals surface area (Å²) in [5.74, 6) is 1.36. The Morgan fingerprint density at radius 3 is 3.06 bits per heavy atom. The SMILES string of the molecule is Oc1ccccc1CC1=NC2CCNCC2N1. The highest BCUT2D eigenvalue weighted by atomic mass is 16.3. The summed E-state index contributed by atoms with van der Waals surface area (Å²) in [7, 11) is 0. The van der Waals surface area contributed by atoms with E-state index in [-0.39, 0.29) is 0 Å². The topological polar surface area (TPSA) is 56.7 Å². The number of piperidine rings is 1. The van der Waals surface area contributed by atoms with Crippen LogP contribution in [0.1, 0.15) is 12.0 Å². The fraction of sp³-hybridized carbons (Fsp3) is 0.462. The zero-order chi connectivity index (χ0) is 11.7. The van der Waals surface area contributed by atoms with Crippen molar-refractivity contribution in [2.75, 3.05) is 13.1 Å². The summed E-state index contributed by atoms with van der Waals surface area (Å²) in [6.45, 7) is 2.04. The van der Waals surface area contributed by atoms with Crippen molar-refractivity contribution in [1.29, 1.82) is 0 Å². The summed E-state index contributed by atoms with van der Waals surface area (Å²) >= 11 is 0. The largest absolute Gasteiger partial charge is 0.508 e. The van der Waals surface area contributed by atoms with Gasteiger partial charge in [-0.1, -0.05) is 18.2 Å². The standard InChI is InChI=1S/C13H17N3O/c17-12-4-2-1-3-9(12)7-13-15-10-5-6-14-8-11(10)16-13/h1-4,10-11,14,17H,5-8H2,(H,15,16). The van der Waals surface area contributed by atoms with Crippen molar-refractivity contribution < 1.29 is 5.11 Å². The van der Waals surface area contributed by atoms with Crippen LogP contribution < -0.4 is 10.6 Å². The van der Waals surface area contributed by atoms with Gasteiger partial charge in [0.1, 0.15) is 11.6 Å². The summed E-state index contributed by atoms with van der Waals surface area (Å²) in [6.07, 6.45) is 1.79. The highest BCUT2D eigenvalue weighted by Crippen LogP contribution is 2.20. The van der Waals surface area contributed by atoms with Gasteiger partial charge in [0.2, 0.25) is 0 Å². The number of phenolic OH excluding ortho intramolecular Hbond substituents is 1. The second-order valence-electron chi connectivity index (χ2n) is 4.69. The normalized spacial score (nSPS) is 27.2. The van der Waals surface area contributed by atoms with Crippen LogP contribution in [0, 0.1) is 0 Å². The first-order valence-corrected chi connectivity index (χ1v) is 6.14. The molecule has 17 heavy (non-hydrogen) atoms. The lowest BCUT2D eigenvalue weighted by Gasteiger charge is -2.24. The highest BCUT2D eigenvalue weighted by molar-refractivity contribution is 5.87. The fourth-order valence-corrected chi connectivity index (χ4v) is 2.54. The van der Waals surface area contributed by atoms with Crippen LogP contribution in [0.2, 0.25) is 0 Å². The van der Waals surface area contributed by atoms with Crippen molar-refractivity contribution in [1.82, 2.24) is 10.6 Å². The van der Waals surface area contributed by atoms with E-state index in [0.717, 1.165) is 30.9 Å². The van der Waals surface area contributed by atoms with Gasteiger partial charge in [-0.05, 0) is 19.0 Å². The molecule has 1 saturated heterocycles. The number of para-hydroxylation sites is 1. The maximum atomic E-state index is 9.73. The first kappa shape index (κ1) is 10.6. The van der Waals surface area contributed by atoms with Crippen LogP contribution in [0.4, 0.5) is 0 Å². The van der Waals surface area contributed by atoms with E-state index in [1.807, 2.05) is 18.2 Å². The van der Waals surface area contributed by atoms with Gasteiger partial charge in [0.25, 0.3) is 0 Å². The summed E-state index contributed by atoms with van der Waals surface area (Å²) in [5, 5.41) is 16.5. The highest BCUT2D eigenvalue weighted by Gasteiger charge is 2.30. The molecule has 3 N–H and O–H groups in total. The molecular weight excluding hydrogens is 214 g/mol. The molecule has 1 fully saturated rings. The molecule has 0 saturated carbocycles. The summed E-state index contributed by atoms with van der Waals surface area (Å²) < 4.78 is 0. The lowest BCUT2D eigenvalue weighted by molar-refractivity contribution is 0.402. The Hall–Kier alpha value is -1.55. The van der Waals surface area contributed by atoms with Gasteiger partial charge < -0.3 is 15.7 Å². The number of aromatic hydroxyl groups is 1. The quantitative estimate of drug-likeness (QED) is 0.701. The molecule has 2 aliphatic heterocycles. The Morgan fingerprint density at radius 1 is 1.35 bits per heavy atom. The number of amidine groups is 1. The van der Waals surface area contributed by atoms with E-state index in [2.05, 4.69) is 10.6 Å². The van der Waals surface area contributed by atoms with E-state index in [0.29, 0.717) is 24.3 Å². The first-order chi connectivity index (χ1) is 8.33. The van der Waals surface area contributed by atoms with Crippen LogP contribution in [0.3, 0.4) is 0 Å². The Labute approximate surface area is 101 Å². The van der Waals surface area contributed by atoms with E-state index in [9.17, 15) is 5.11 Å². The van der Waals surface area contributed by atoms with Gasteiger partial charge in [-0.15, -0.1) is 0 Å². The fourth-order valence-electron chi connectivity index (χ4n) is 2.54. The summed E-state index contributed by atoms with van der Waals surface area (Å²) in [6, 6.07) is 8.30. The van der Waals surface area contributed by atoms with Crippen molar-refractivity contribution in [3.63, 3.8) is 0 Å². The monoisotopic (exact) mass is 231 g/mol. The van der Waals surface area contributed by atoms with Gasteiger partial charge in [-0.2, -0.15) is 0 Å². The number of hydrogen-bond acceptors (Lipinski definition) is 4. The second-order valence-corrected chi connectivity index (χ2v) is 4.69. The van der Waals surface area contributed by atoms with Crippen LogP contribution >= 0.6 is 0 Å². The van der Waals surface area contributed by atoms with Gasteiger partial charge in [0.15, 0.2) is 0 Å². The third-order valence-electron chi connectivity index (χ3n) is 3.47. The van der Waals surface area contributed by atoms with Gasteiger partial charge in [-0.25, -0.2) is 0 Å². The molecule has 0 spiro atoms. The number of benzene rings is 1. The molecular formula is C13H17N3O. The number of phenols is 1. The first-order valence-electron chi connectivity index (χ1n) is 6.14. The average Bonchev–Trinajstić information content (AvgIpc) is 2.74. The predicted molar refractivity (Wildman–Crippen MR) is 67.4 cm³/mol. The number of hydrogen-bond donors (Lipinski definition) is 3. The molecule has 4 heteroatoms. The van der Waals surface area contributed by atoms with E-state index in [4.69, 9.17) is 4.99 Å². The number of rotatable bonds is 2. The van der Waals surface area contributed by atoms with Crippen LogP contribution in [0.25, 0.3) is 0 Å². The van der Waals surface area contributed by atoms with Crippen molar-refractivity contribution >= 4 is 5.84 Å². The Kier molecular flexibility index (Phi) is 2.73. The Morgan fingerprint density at radius 2 is 2.24 bits per heavy atom. The molecule has 0 bridgehead atoms. The molecule has 90 valence electrons. The lowest BCUT2D eigenvalue weighted by Crippen LogP contribution is -2.48. The van der Waals surface area contributed by atoms with Crippen LogP contribution in [-0.4, -0.2) is 36.1 Å². The van der Waals surface area contributed by atoms with Crippen molar-refractivity contribution in [2.45, 2.75) is 24.9 Å². The summed E-state index contributed by atoms with van der Waals surface area (Å²) in [4.78, 5) is 4.70. The Balaban J connectivity index is 1.72. The van der Waals surface area contributed by atoms with Gasteiger partial charge in [0, 0.05) is 18.5 Å². The van der Waals surface area contributed by atoms with E-state index in [1.54, 1.807) is 6.07 Å². The predicted octanol–water partition coefficient (Wildman–Crippen LogP) is 0.667. The molecule has 0 radical (unpaired) electrons. The van der Waals surface area contributed by atoms with E-state index in [1.165, 1.54) is 0 Å². The molecule has 0 aliphatic carbocycles. The molecule has 1 aromatic carbocycles. The minimum absolute atomic E-state index is 0.352. The van der Waals surface area contributed by atoms with Crippen LogP contribution in [0.15, 0.2) is 29.3 Å². The molecule has 4 nitrogen and oxygen atoms in total. The summed E-state index contributed by atoms with van der Waals surface area (Å²) in [5.41, 5.74) is 0.936.